The van der Waals surface area contributed by atoms with Crippen LogP contribution in [-0.2, 0) is 11.3 Å². The Labute approximate surface area is 199 Å². The molecule has 1 amide bonds. The molecule has 0 aliphatic heterocycles. The highest BCUT2D eigenvalue weighted by Gasteiger charge is 2.28. The molecule has 5 nitrogen and oxygen atoms in total. The van der Waals surface area contributed by atoms with Gasteiger partial charge in [0.15, 0.2) is 0 Å². The number of carbonyl (C=O) groups excluding carboxylic acids is 1. The van der Waals surface area contributed by atoms with Crippen molar-refractivity contribution in [2.45, 2.75) is 53.7 Å². The first kappa shape index (κ1) is 23.5. The molecule has 4 rings (SSSR count). The highest BCUT2D eigenvalue weighted by molar-refractivity contribution is 6.05. The van der Waals surface area contributed by atoms with Crippen LogP contribution < -0.4 is 4.90 Å². The second kappa shape index (κ2) is 8.93. The normalized spacial score (nSPS) is 11.6. The molecule has 0 aliphatic carbocycles. The van der Waals surface area contributed by atoms with Crippen LogP contribution in [-0.4, -0.2) is 21.2 Å². The second-order valence-corrected chi connectivity index (χ2v) is 9.60. The van der Waals surface area contributed by atoms with E-state index in [4.69, 9.17) is 4.74 Å². The molecule has 0 saturated carbocycles. The molecule has 0 fully saturated rings. The number of benzene rings is 2. The lowest BCUT2D eigenvalue weighted by atomic mass is 10.1. The molecule has 0 N–H and O–H groups in total. The van der Waals surface area contributed by atoms with E-state index >= 15 is 0 Å². The van der Waals surface area contributed by atoms with Gasteiger partial charge in [-0.25, -0.2) is 14.1 Å². The number of fused-ring (bicyclic) bond motifs is 1. The van der Waals surface area contributed by atoms with Gasteiger partial charge in [0.2, 0.25) is 0 Å². The molecular formula is C28H30FN3O2. The van der Waals surface area contributed by atoms with Crippen LogP contribution in [0.4, 0.5) is 20.6 Å². The van der Waals surface area contributed by atoms with Crippen molar-refractivity contribution in [1.82, 2.24) is 9.55 Å². The number of aromatic nitrogens is 2. The molecule has 0 saturated heterocycles. The van der Waals surface area contributed by atoms with Crippen molar-refractivity contribution >= 4 is 28.5 Å². The maximum atomic E-state index is 13.7. The SMILES string of the molecule is Cc1ccc(Cn2c(C)c(C)c3nccc(N(C(=O)OC(C)(C)C)c4ccc(F)cc4)c32)cc1. The summed E-state index contributed by atoms with van der Waals surface area (Å²) >= 11 is 0. The third-order valence-corrected chi connectivity index (χ3v) is 5.84. The standard InChI is InChI=1S/C28H30FN3O2/c1-18-7-9-21(10-8-18)17-31-20(3)19(2)25-26(31)24(15-16-30-25)32(27(33)34-28(4,5)6)23-13-11-22(29)12-14-23/h7-16H,17H2,1-6H3. The van der Waals surface area contributed by atoms with Gasteiger partial charge in [0.1, 0.15) is 11.4 Å². The zero-order chi connectivity index (χ0) is 24.6. The van der Waals surface area contributed by atoms with Gasteiger partial charge in [0, 0.05) is 18.4 Å². The summed E-state index contributed by atoms with van der Waals surface area (Å²) in [5.74, 6) is -0.373. The summed E-state index contributed by atoms with van der Waals surface area (Å²) in [6, 6.07) is 16.0. The second-order valence-electron chi connectivity index (χ2n) is 9.60. The van der Waals surface area contributed by atoms with Crippen molar-refractivity contribution in [3.8, 4) is 0 Å². The molecule has 4 aromatic rings. The number of ether oxygens (including phenoxy) is 1. The van der Waals surface area contributed by atoms with E-state index in [1.807, 2.05) is 27.7 Å². The van der Waals surface area contributed by atoms with Crippen LogP contribution in [0.15, 0.2) is 60.8 Å². The van der Waals surface area contributed by atoms with Gasteiger partial charge in [-0.15, -0.1) is 0 Å². The summed E-state index contributed by atoms with van der Waals surface area (Å²) in [6.07, 6.45) is 1.16. The molecule has 176 valence electrons. The maximum Gasteiger partial charge on any atom is 0.419 e. The Bertz CT molecular complexity index is 1330. The molecule has 34 heavy (non-hydrogen) atoms. The van der Waals surface area contributed by atoms with Crippen molar-refractivity contribution in [3.63, 3.8) is 0 Å². The Hall–Kier alpha value is -3.67. The summed E-state index contributed by atoms with van der Waals surface area (Å²) in [6.45, 7) is 12.3. The van der Waals surface area contributed by atoms with Gasteiger partial charge < -0.3 is 9.30 Å². The van der Waals surface area contributed by atoms with Crippen LogP contribution in [0.3, 0.4) is 0 Å². The van der Waals surface area contributed by atoms with E-state index in [-0.39, 0.29) is 5.82 Å². The number of hydrogen-bond acceptors (Lipinski definition) is 3. The monoisotopic (exact) mass is 459 g/mol. The zero-order valence-electron chi connectivity index (χ0n) is 20.5. The average Bonchev–Trinajstić information content (AvgIpc) is 3.01. The van der Waals surface area contributed by atoms with E-state index in [0.29, 0.717) is 17.9 Å². The van der Waals surface area contributed by atoms with Crippen LogP contribution in [0, 0.1) is 26.6 Å². The van der Waals surface area contributed by atoms with Gasteiger partial charge in [-0.05, 0) is 83.0 Å². The maximum absolute atomic E-state index is 13.7. The van der Waals surface area contributed by atoms with E-state index in [9.17, 15) is 9.18 Å². The summed E-state index contributed by atoms with van der Waals surface area (Å²) in [5, 5.41) is 0. The van der Waals surface area contributed by atoms with Gasteiger partial charge in [-0.2, -0.15) is 0 Å². The molecule has 0 spiro atoms. The summed E-state index contributed by atoms with van der Waals surface area (Å²) < 4.78 is 21.7. The Morgan fingerprint density at radius 2 is 1.65 bits per heavy atom. The van der Waals surface area contributed by atoms with Crippen LogP contribution in [0.25, 0.3) is 11.0 Å². The third-order valence-electron chi connectivity index (χ3n) is 5.84. The van der Waals surface area contributed by atoms with E-state index in [1.165, 1.54) is 22.6 Å². The molecule has 0 unspecified atom stereocenters. The number of pyridine rings is 1. The van der Waals surface area contributed by atoms with Gasteiger partial charge in [0.05, 0.1) is 22.4 Å². The van der Waals surface area contributed by atoms with Crippen molar-refractivity contribution in [2.75, 3.05) is 4.90 Å². The number of anilines is 2. The van der Waals surface area contributed by atoms with E-state index in [1.54, 1.807) is 24.4 Å². The van der Waals surface area contributed by atoms with Crippen molar-refractivity contribution < 1.29 is 13.9 Å². The lowest BCUT2D eigenvalue weighted by molar-refractivity contribution is 0.0599. The van der Waals surface area contributed by atoms with E-state index < -0.39 is 11.7 Å². The first-order valence-corrected chi connectivity index (χ1v) is 11.3. The van der Waals surface area contributed by atoms with Crippen LogP contribution in [0.2, 0.25) is 0 Å². The van der Waals surface area contributed by atoms with Gasteiger partial charge in [0.25, 0.3) is 0 Å². The molecule has 2 heterocycles. The topological polar surface area (TPSA) is 47.4 Å². The minimum atomic E-state index is -0.697. The lowest BCUT2D eigenvalue weighted by Gasteiger charge is -2.28. The van der Waals surface area contributed by atoms with Crippen molar-refractivity contribution in [2.24, 2.45) is 0 Å². The fraction of sp³-hybridized carbons (Fsp3) is 0.286. The van der Waals surface area contributed by atoms with Crippen LogP contribution in [0.1, 0.15) is 43.2 Å². The number of carbonyl (C=O) groups is 1. The molecule has 0 atom stereocenters. The lowest BCUT2D eigenvalue weighted by Crippen LogP contribution is -2.34. The van der Waals surface area contributed by atoms with Gasteiger partial charge in [-0.1, -0.05) is 29.8 Å². The number of amides is 1. The minimum absolute atomic E-state index is 0.373. The Morgan fingerprint density at radius 1 is 1.00 bits per heavy atom. The fourth-order valence-corrected chi connectivity index (χ4v) is 4.02. The number of halogens is 1. The molecule has 2 aromatic heterocycles. The highest BCUT2D eigenvalue weighted by Crippen LogP contribution is 2.37. The van der Waals surface area contributed by atoms with Crippen LogP contribution >= 0.6 is 0 Å². The summed E-state index contributed by atoms with van der Waals surface area (Å²) in [7, 11) is 0. The predicted octanol–water partition coefficient (Wildman–Crippen LogP) is 7.22. The third kappa shape index (κ3) is 4.67. The molecule has 0 radical (unpaired) electrons. The first-order valence-electron chi connectivity index (χ1n) is 11.3. The number of hydrogen-bond donors (Lipinski definition) is 0. The molecule has 6 heteroatoms. The summed E-state index contributed by atoms with van der Waals surface area (Å²) in [4.78, 5) is 19.6. The summed E-state index contributed by atoms with van der Waals surface area (Å²) in [5.41, 5.74) is 6.56. The first-order chi connectivity index (χ1) is 16.0. The number of aryl methyl sites for hydroxylation is 2. The minimum Gasteiger partial charge on any atom is -0.443 e. The van der Waals surface area contributed by atoms with Crippen LogP contribution in [0.5, 0.6) is 0 Å². The number of nitrogens with zero attached hydrogens (tertiary/aromatic N) is 3. The molecule has 0 bridgehead atoms. The Kier molecular flexibility index (Phi) is 6.17. The van der Waals surface area contributed by atoms with Crippen molar-refractivity contribution in [1.29, 1.82) is 0 Å². The predicted molar refractivity (Wildman–Crippen MR) is 134 cm³/mol. The smallest absolute Gasteiger partial charge is 0.419 e. The van der Waals surface area contributed by atoms with E-state index in [2.05, 4.69) is 47.7 Å². The number of rotatable bonds is 4. The average molecular weight is 460 g/mol. The molecule has 0 aliphatic rings. The van der Waals surface area contributed by atoms with Gasteiger partial charge in [-0.3, -0.25) is 4.98 Å². The van der Waals surface area contributed by atoms with Gasteiger partial charge >= 0.3 is 6.09 Å². The quantitative estimate of drug-likeness (QED) is 0.324. The Morgan fingerprint density at radius 3 is 2.26 bits per heavy atom. The largest absolute Gasteiger partial charge is 0.443 e. The molecule has 2 aromatic carbocycles. The highest BCUT2D eigenvalue weighted by atomic mass is 19.1. The fourth-order valence-electron chi connectivity index (χ4n) is 4.02. The molecular weight excluding hydrogens is 429 g/mol. The van der Waals surface area contributed by atoms with Crippen molar-refractivity contribution in [3.05, 3.63) is 89.0 Å². The van der Waals surface area contributed by atoms with E-state index in [0.717, 1.165) is 27.9 Å². The zero-order valence-corrected chi connectivity index (χ0v) is 20.5. The Balaban J connectivity index is 1.93.